The Bertz CT molecular complexity index is 676. The topological polar surface area (TPSA) is 63.2 Å². The fraction of sp³-hybridized carbons (Fsp3) is 0.333. The zero-order chi connectivity index (χ0) is 16.3. The fourth-order valence-corrected chi connectivity index (χ4v) is 2.33. The molecule has 0 spiro atoms. The maximum atomic E-state index is 12.2. The van der Waals surface area contributed by atoms with Crippen molar-refractivity contribution < 1.29 is 9.53 Å². The third-order valence-electron chi connectivity index (χ3n) is 3.93. The molecule has 1 aliphatic heterocycles. The first-order valence-corrected chi connectivity index (χ1v) is 7.70. The molecule has 2 N–H and O–H groups in total. The Morgan fingerprint density at radius 2 is 1.96 bits per heavy atom. The number of amides is 1. The van der Waals surface area contributed by atoms with Crippen LogP contribution in [0.5, 0.6) is 0 Å². The van der Waals surface area contributed by atoms with Crippen molar-refractivity contribution in [2.45, 2.75) is 13.8 Å². The predicted molar refractivity (Wildman–Crippen MR) is 90.8 cm³/mol. The minimum absolute atomic E-state index is 0.160. The van der Waals surface area contributed by atoms with Crippen molar-refractivity contribution in [3.05, 3.63) is 53.7 Å². The number of nitrogens with zero attached hydrogens (tertiary/aromatic N) is 1. The second kappa shape index (κ2) is 6.38. The molecule has 0 bridgehead atoms. The Hall–Kier alpha value is -2.40. The molecule has 1 saturated heterocycles. The highest BCUT2D eigenvalue weighted by atomic mass is 16.5. The van der Waals surface area contributed by atoms with Gasteiger partial charge in [-0.1, -0.05) is 24.6 Å². The highest BCUT2D eigenvalue weighted by Crippen LogP contribution is 2.26. The largest absolute Gasteiger partial charge is 0.380 e. The number of carbonyl (C=O) groups excluding carboxylic acids is 1. The van der Waals surface area contributed by atoms with E-state index in [1.807, 2.05) is 37.3 Å². The van der Waals surface area contributed by atoms with E-state index in [-0.39, 0.29) is 11.3 Å². The first-order valence-electron chi connectivity index (χ1n) is 7.70. The Morgan fingerprint density at radius 3 is 2.52 bits per heavy atom. The van der Waals surface area contributed by atoms with E-state index < -0.39 is 0 Å². The molecule has 1 fully saturated rings. The first-order chi connectivity index (χ1) is 11.0. The van der Waals surface area contributed by atoms with Gasteiger partial charge in [0.05, 0.1) is 18.8 Å². The summed E-state index contributed by atoms with van der Waals surface area (Å²) < 4.78 is 5.23. The molecule has 2 aromatic rings. The van der Waals surface area contributed by atoms with Gasteiger partial charge >= 0.3 is 0 Å². The van der Waals surface area contributed by atoms with Crippen molar-refractivity contribution in [3.63, 3.8) is 0 Å². The third kappa shape index (κ3) is 3.87. The van der Waals surface area contributed by atoms with Crippen LogP contribution in [0.3, 0.4) is 0 Å². The van der Waals surface area contributed by atoms with E-state index >= 15 is 0 Å². The zero-order valence-corrected chi connectivity index (χ0v) is 13.4. The lowest BCUT2D eigenvalue weighted by Crippen LogP contribution is -2.45. The molecule has 0 aliphatic carbocycles. The number of carbonyl (C=O) groups is 1. The average Bonchev–Trinajstić information content (AvgIpc) is 2.54. The number of nitrogens with one attached hydrogen (secondary N) is 2. The maximum absolute atomic E-state index is 12.2. The highest BCUT2D eigenvalue weighted by molar-refractivity contribution is 6.04. The monoisotopic (exact) mass is 311 g/mol. The second-order valence-electron chi connectivity index (χ2n) is 6.41. The summed E-state index contributed by atoms with van der Waals surface area (Å²) in [6.45, 7) is 6.55. The van der Waals surface area contributed by atoms with Crippen molar-refractivity contribution in [1.29, 1.82) is 0 Å². The molecule has 2 heterocycles. The summed E-state index contributed by atoms with van der Waals surface area (Å²) in [6.07, 6.45) is 1.59. The number of anilines is 2. The molecule has 1 aromatic heterocycles. The van der Waals surface area contributed by atoms with Crippen molar-refractivity contribution in [2.75, 3.05) is 30.4 Å². The van der Waals surface area contributed by atoms with Gasteiger partial charge in [0.15, 0.2) is 0 Å². The van der Waals surface area contributed by atoms with Crippen LogP contribution in [0.1, 0.15) is 22.8 Å². The number of aryl methyl sites for hydroxylation is 1. The number of pyridine rings is 1. The summed E-state index contributed by atoms with van der Waals surface area (Å²) in [5.41, 5.74) is 2.66. The van der Waals surface area contributed by atoms with Crippen LogP contribution in [0.2, 0.25) is 0 Å². The molecule has 5 heteroatoms. The lowest BCUT2D eigenvalue weighted by atomic mass is 9.89. The van der Waals surface area contributed by atoms with Gasteiger partial charge in [-0.3, -0.25) is 4.79 Å². The van der Waals surface area contributed by atoms with Crippen LogP contribution in [-0.4, -0.2) is 30.6 Å². The van der Waals surface area contributed by atoms with Gasteiger partial charge in [-0.15, -0.1) is 0 Å². The minimum Gasteiger partial charge on any atom is -0.380 e. The van der Waals surface area contributed by atoms with E-state index in [0.29, 0.717) is 5.56 Å². The van der Waals surface area contributed by atoms with Gasteiger partial charge in [0.1, 0.15) is 5.82 Å². The van der Waals surface area contributed by atoms with E-state index in [1.54, 1.807) is 12.3 Å². The molecule has 3 rings (SSSR count). The number of hydrogen-bond acceptors (Lipinski definition) is 4. The van der Waals surface area contributed by atoms with Gasteiger partial charge in [-0.05, 0) is 31.2 Å². The van der Waals surface area contributed by atoms with Crippen LogP contribution in [0.15, 0.2) is 42.6 Å². The molecule has 0 saturated carbocycles. The molecule has 0 unspecified atom stereocenters. The van der Waals surface area contributed by atoms with Gasteiger partial charge in [0, 0.05) is 23.8 Å². The van der Waals surface area contributed by atoms with Crippen molar-refractivity contribution in [3.8, 4) is 0 Å². The summed E-state index contributed by atoms with van der Waals surface area (Å²) >= 11 is 0. The lowest BCUT2D eigenvalue weighted by Gasteiger charge is -2.38. The molecular formula is C18H21N3O2. The Labute approximate surface area is 136 Å². The van der Waals surface area contributed by atoms with Gasteiger partial charge in [-0.25, -0.2) is 4.98 Å². The fourth-order valence-electron chi connectivity index (χ4n) is 2.33. The SMILES string of the molecule is Cc1ccc(NC(=O)c2ccc(NCC3(C)COC3)nc2)cc1. The van der Waals surface area contributed by atoms with Crippen LogP contribution < -0.4 is 10.6 Å². The number of hydrogen-bond donors (Lipinski definition) is 2. The molecule has 1 amide bonds. The molecule has 0 atom stereocenters. The summed E-state index contributed by atoms with van der Waals surface area (Å²) in [7, 11) is 0. The van der Waals surface area contributed by atoms with Gasteiger partial charge in [-0.2, -0.15) is 0 Å². The van der Waals surface area contributed by atoms with Crippen LogP contribution in [0.25, 0.3) is 0 Å². The van der Waals surface area contributed by atoms with Crippen molar-refractivity contribution >= 4 is 17.4 Å². The van der Waals surface area contributed by atoms with Crippen LogP contribution in [0.4, 0.5) is 11.5 Å². The van der Waals surface area contributed by atoms with E-state index in [2.05, 4.69) is 22.5 Å². The molecule has 1 aromatic carbocycles. The van der Waals surface area contributed by atoms with E-state index in [1.165, 1.54) is 0 Å². The van der Waals surface area contributed by atoms with Crippen LogP contribution >= 0.6 is 0 Å². The number of rotatable bonds is 5. The maximum Gasteiger partial charge on any atom is 0.257 e. The molecular weight excluding hydrogens is 290 g/mol. The van der Waals surface area contributed by atoms with Crippen LogP contribution in [-0.2, 0) is 4.74 Å². The average molecular weight is 311 g/mol. The third-order valence-corrected chi connectivity index (χ3v) is 3.93. The molecule has 23 heavy (non-hydrogen) atoms. The summed E-state index contributed by atoms with van der Waals surface area (Å²) in [6, 6.07) is 11.3. The molecule has 1 aliphatic rings. The predicted octanol–water partition coefficient (Wildman–Crippen LogP) is 3.09. The van der Waals surface area contributed by atoms with E-state index in [9.17, 15) is 4.79 Å². The first kappa shape index (κ1) is 15.5. The van der Waals surface area contributed by atoms with Crippen molar-refractivity contribution in [1.82, 2.24) is 4.98 Å². The van der Waals surface area contributed by atoms with Crippen LogP contribution in [0, 0.1) is 12.3 Å². The smallest absolute Gasteiger partial charge is 0.257 e. The standard InChI is InChI=1S/C18H21N3O2/c1-13-3-6-15(7-4-13)21-17(22)14-5-8-16(19-9-14)20-10-18(2)11-23-12-18/h3-9H,10-12H2,1-2H3,(H,19,20)(H,21,22). The number of aromatic nitrogens is 1. The Kier molecular flexibility index (Phi) is 4.30. The normalized spacial score (nSPS) is 15.6. The highest BCUT2D eigenvalue weighted by Gasteiger charge is 2.33. The zero-order valence-electron chi connectivity index (χ0n) is 13.4. The van der Waals surface area contributed by atoms with E-state index in [4.69, 9.17) is 4.74 Å². The van der Waals surface area contributed by atoms with Crippen molar-refractivity contribution in [2.24, 2.45) is 5.41 Å². The summed E-state index contributed by atoms with van der Waals surface area (Å²) in [5, 5.41) is 6.15. The second-order valence-corrected chi connectivity index (χ2v) is 6.41. The minimum atomic E-state index is -0.160. The molecule has 0 radical (unpaired) electrons. The Balaban J connectivity index is 1.57. The quantitative estimate of drug-likeness (QED) is 0.890. The number of benzene rings is 1. The van der Waals surface area contributed by atoms with Gasteiger partial charge < -0.3 is 15.4 Å². The molecule has 5 nitrogen and oxygen atoms in total. The number of ether oxygens (including phenoxy) is 1. The van der Waals surface area contributed by atoms with E-state index in [0.717, 1.165) is 36.8 Å². The summed E-state index contributed by atoms with van der Waals surface area (Å²) in [4.78, 5) is 16.5. The molecule has 120 valence electrons. The lowest BCUT2D eigenvalue weighted by molar-refractivity contribution is -0.0924. The van der Waals surface area contributed by atoms with Gasteiger partial charge in [0.2, 0.25) is 0 Å². The summed E-state index contributed by atoms with van der Waals surface area (Å²) in [5.74, 6) is 0.609. The Morgan fingerprint density at radius 1 is 1.22 bits per heavy atom. The van der Waals surface area contributed by atoms with Gasteiger partial charge in [0.25, 0.3) is 5.91 Å².